The molecule has 0 atom stereocenters. The highest BCUT2D eigenvalue weighted by Gasteiger charge is 2.27. The first-order chi connectivity index (χ1) is 15.5. The topological polar surface area (TPSA) is 88.3 Å². The third-order valence-electron chi connectivity index (χ3n) is 5.97. The standard InChI is InChI=1S/C25H28N4O3/c1-3-22(30)26-21-10-6-9-20(15-21)24-27-25(32-28-24)18-11-13-29(14-12-18)23(31)16-19-8-5-4-7-17(19)2/h4-10,15,18H,3,11-14,16H2,1-2H3,(H,26,30). The van der Waals surface area contributed by atoms with Gasteiger partial charge in [-0.3, -0.25) is 9.59 Å². The molecule has 32 heavy (non-hydrogen) atoms. The fraction of sp³-hybridized carbons (Fsp3) is 0.360. The molecule has 0 bridgehead atoms. The monoisotopic (exact) mass is 432 g/mol. The quantitative estimate of drug-likeness (QED) is 0.626. The van der Waals surface area contributed by atoms with Crippen LogP contribution in [0.25, 0.3) is 11.4 Å². The summed E-state index contributed by atoms with van der Waals surface area (Å²) in [7, 11) is 0. The Morgan fingerprint density at radius 3 is 2.66 bits per heavy atom. The average Bonchev–Trinajstić information content (AvgIpc) is 3.31. The number of likely N-dealkylation sites (tertiary alicyclic amines) is 1. The van der Waals surface area contributed by atoms with Crippen LogP contribution in [-0.4, -0.2) is 39.9 Å². The van der Waals surface area contributed by atoms with Gasteiger partial charge < -0.3 is 14.7 Å². The summed E-state index contributed by atoms with van der Waals surface area (Å²) in [5, 5.41) is 6.99. The molecule has 4 rings (SSSR count). The number of benzene rings is 2. The van der Waals surface area contributed by atoms with Crippen LogP contribution in [0, 0.1) is 6.92 Å². The molecule has 7 nitrogen and oxygen atoms in total. The van der Waals surface area contributed by atoms with E-state index in [9.17, 15) is 9.59 Å². The van der Waals surface area contributed by atoms with Crippen LogP contribution in [0.15, 0.2) is 53.1 Å². The van der Waals surface area contributed by atoms with Gasteiger partial charge in [-0.1, -0.05) is 48.5 Å². The number of nitrogens with one attached hydrogen (secondary N) is 1. The molecule has 0 saturated carbocycles. The van der Waals surface area contributed by atoms with E-state index < -0.39 is 0 Å². The number of piperidine rings is 1. The summed E-state index contributed by atoms with van der Waals surface area (Å²) < 4.78 is 5.56. The van der Waals surface area contributed by atoms with E-state index in [0.717, 1.165) is 29.5 Å². The van der Waals surface area contributed by atoms with Crippen LogP contribution in [0.2, 0.25) is 0 Å². The molecule has 1 saturated heterocycles. The molecular weight excluding hydrogens is 404 g/mol. The summed E-state index contributed by atoms with van der Waals surface area (Å²) in [4.78, 5) is 30.9. The Bertz CT molecular complexity index is 1100. The summed E-state index contributed by atoms with van der Waals surface area (Å²) in [6, 6.07) is 15.4. The van der Waals surface area contributed by atoms with Crippen molar-refractivity contribution < 1.29 is 14.1 Å². The second-order valence-corrected chi connectivity index (χ2v) is 8.20. The maximum Gasteiger partial charge on any atom is 0.230 e. The SMILES string of the molecule is CCC(=O)Nc1cccc(-c2noc(C3CCN(C(=O)Cc4ccccc4C)CC3)n2)c1. The molecule has 3 aromatic rings. The van der Waals surface area contributed by atoms with E-state index in [2.05, 4.69) is 15.5 Å². The van der Waals surface area contributed by atoms with Crippen molar-refractivity contribution in [2.24, 2.45) is 0 Å². The zero-order valence-electron chi connectivity index (χ0n) is 18.5. The Hall–Kier alpha value is -3.48. The van der Waals surface area contributed by atoms with Crippen molar-refractivity contribution >= 4 is 17.5 Å². The van der Waals surface area contributed by atoms with Crippen LogP contribution in [0.4, 0.5) is 5.69 Å². The van der Waals surface area contributed by atoms with Crippen molar-refractivity contribution in [3.8, 4) is 11.4 Å². The van der Waals surface area contributed by atoms with Gasteiger partial charge in [-0.05, 0) is 43.0 Å². The highest BCUT2D eigenvalue weighted by atomic mass is 16.5. The number of hydrogen-bond donors (Lipinski definition) is 1. The highest BCUT2D eigenvalue weighted by molar-refractivity contribution is 5.91. The fourth-order valence-electron chi connectivity index (χ4n) is 3.96. The van der Waals surface area contributed by atoms with E-state index in [1.54, 1.807) is 0 Å². The summed E-state index contributed by atoms with van der Waals surface area (Å²) in [5.41, 5.74) is 3.73. The predicted octanol–water partition coefficient (Wildman–Crippen LogP) is 4.34. The number of rotatable bonds is 6. The van der Waals surface area contributed by atoms with Crippen molar-refractivity contribution in [1.29, 1.82) is 0 Å². The molecule has 0 aliphatic carbocycles. The zero-order chi connectivity index (χ0) is 22.5. The van der Waals surface area contributed by atoms with Gasteiger partial charge in [-0.25, -0.2) is 0 Å². The number of amides is 2. The Morgan fingerprint density at radius 1 is 1.12 bits per heavy atom. The molecule has 0 spiro atoms. The maximum atomic E-state index is 12.7. The number of aryl methyl sites for hydroxylation is 1. The fourth-order valence-corrected chi connectivity index (χ4v) is 3.96. The van der Waals surface area contributed by atoms with Crippen LogP contribution in [0.3, 0.4) is 0 Å². The predicted molar refractivity (Wildman–Crippen MR) is 122 cm³/mol. The lowest BCUT2D eigenvalue weighted by molar-refractivity contribution is -0.131. The van der Waals surface area contributed by atoms with Gasteiger partial charge in [0.15, 0.2) is 0 Å². The van der Waals surface area contributed by atoms with Gasteiger partial charge in [0.25, 0.3) is 0 Å². The molecule has 2 aromatic carbocycles. The number of anilines is 1. The van der Waals surface area contributed by atoms with Crippen LogP contribution >= 0.6 is 0 Å². The second-order valence-electron chi connectivity index (χ2n) is 8.20. The van der Waals surface area contributed by atoms with E-state index in [-0.39, 0.29) is 17.7 Å². The first kappa shape index (κ1) is 21.7. The molecular formula is C25H28N4O3. The minimum atomic E-state index is -0.0420. The van der Waals surface area contributed by atoms with Gasteiger partial charge >= 0.3 is 0 Å². The molecule has 2 heterocycles. The number of carbonyl (C=O) groups is 2. The lowest BCUT2D eigenvalue weighted by Crippen LogP contribution is -2.38. The molecule has 2 amide bonds. The third kappa shape index (κ3) is 5.04. The molecule has 166 valence electrons. The molecule has 1 N–H and O–H groups in total. The third-order valence-corrected chi connectivity index (χ3v) is 5.97. The average molecular weight is 433 g/mol. The van der Waals surface area contributed by atoms with Crippen LogP contribution in [0.1, 0.15) is 49.1 Å². The molecule has 1 aliphatic rings. The number of hydrogen-bond acceptors (Lipinski definition) is 5. The molecule has 1 aromatic heterocycles. The van der Waals surface area contributed by atoms with Crippen molar-refractivity contribution in [2.45, 2.75) is 45.4 Å². The van der Waals surface area contributed by atoms with E-state index >= 15 is 0 Å². The molecule has 7 heteroatoms. The molecule has 1 fully saturated rings. The van der Waals surface area contributed by atoms with Crippen molar-refractivity contribution in [1.82, 2.24) is 15.0 Å². The van der Waals surface area contributed by atoms with Gasteiger partial charge in [0.1, 0.15) is 0 Å². The van der Waals surface area contributed by atoms with Gasteiger partial charge in [0, 0.05) is 36.7 Å². The summed E-state index contributed by atoms with van der Waals surface area (Å²) in [5.74, 6) is 1.37. The van der Waals surface area contributed by atoms with E-state index in [0.29, 0.717) is 43.3 Å². The van der Waals surface area contributed by atoms with E-state index in [1.807, 2.05) is 67.3 Å². The lowest BCUT2D eigenvalue weighted by atomic mass is 9.96. The first-order valence-electron chi connectivity index (χ1n) is 11.1. The van der Waals surface area contributed by atoms with Crippen LogP contribution in [0.5, 0.6) is 0 Å². The highest BCUT2D eigenvalue weighted by Crippen LogP contribution is 2.29. The van der Waals surface area contributed by atoms with Gasteiger partial charge in [0.2, 0.25) is 23.5 Å². The molecule has 0 unspecified atom stereocenters. The normalized spacial score (nSPS) is 14.4. The van der Waals surface area contributed by atoms with Crippen LogP contribution in [-0.2, 0) is 16.0 Å². The van der Waals surface area contributed by atoms with Crippen molar-refractivity contribution in [2.75, 3.05) is 18.4 Å². The number of aromatic nitrogens is 2. The second kappa shape index (κ2) is 9.77. The van der Waals surface area contributed by atoms with Crippen LogP contribution < -0.4 is 5.32 Å². The lowest BCUT2D eigenvalue weighted by Gasteiger charge is -2.30. The molecule has 0 radical (unpaired) electrons. The Labute approximate surface area is 187 Å². The minimum absolute atomic E-state index is 0.0420. The Kier molecular flexibility index (Phi) is 6.63. The van der Waals surface area contributed by atoms with E-state index in [1.165, 1.54) is 0 Å². The summed E-state index contributed by atoms with van der Waals surface area (Å²) >= 11 is 0. The van der Waals surface area contributed by atoms with Crippen molar-refractivity contribution in [3.63, 3.8) is 0 Å². The Balaban J connectivity index is 1.36. The van der Waals surface area contributed by atoms with E-state index in [4.69, 9.17) is 4.52 Å². The van der Waals surface area contributed by atoms with Gasteiger partial charge in [-0.2, -0.15) is 4.98 Å². The summed E-state index contributed by atoms with van der Waals surface area (Å²) in [6.07, 6.45) is 2.46. The number of carbonyl (C=O) groups excluding carboxylic acids is 2. The smallest absolute Gasteiger partial charge is 0.230 e. The largest absolute Gasteiger partial charge is 0.342 e. The van der Waals surface area contributed by atoms with Gasteiger partial charge in [0.05, 0.1) is 6.42 Å². The zero-order valence-corrected chi connectivity index (χ0v) is 18.5. The maximum absolute atomic E-state index is 12.7. The summed E-state index contributed by atoms with van der Waals surface area (Å²) in [6.45, 7) is 5.22. The first-order valence-corrected chi connectivity index (χ1v) is 11.1. The molecule has 1 aliphatic heterocycles. The van der Waals surface area contributed by atoms with Gasteiger partial charge in [-0.15, -0.1) is 0 Å². The minimum Gasteiger partial charge on any atom is -0.342 e. The Morgan fingerprint density at radius 2 is 1.91 bits per heavy atom. The number of nitrogens with zero attached hydrogens (tertiary/aromatic N) is 3. The van der Waals surface area contributed by atoms with Crippen molar-refractivity contribution in [3.05, 3.63) is 65.5 Å².